The molecule has 0 heterocycles. The van der Waals surface area contributed by atoms with Gasteiger partial charge in [0.1, 0.15) is 0 Å². The zero-order valence-electron chi connectivity index (χ0n) is 11.1. The first-order valence-corrected chi connectivity index (χ1v) is 7.05. The lowest BCUT2D eigenvalue weighted by Gasteiger charge is -2.34. The Labute approximate surface area is 119 Å². The molecule has 2 rings (SSSR count). The number of carbonyl (C=O) groups excluding carboxylic acids is 1. The number of esters is 1. The van der Waals surface area contributed by atoms with Crippen LogP contribution in [-0.2, 0) is 9.53 Å². The fourth-order valence-electron chi connectivity index (χ4n) is 2.88. The maximum Gasteiger partial charge on any atom is 0.305 e. The minimum atomic E-state index is -0.129. The molecule has 0 radical (unpaired) electrons. The predicted molar refractivity (Wildman–Crippen MR) is 76.1 cm³/mol. The van der Waals surface area contributed by atoms with E-state index in [9.17, 15) is 4.79 Å². The first-order valence-electron chi connectivity index (χ1n) is 6.68. The molecule has 1 saturated carbocycles. The van der Waals surface area contributed by atoms with Gasteiger partial charge in [0.25, 0.3) is 0 Å². The van der Waals surface area contributed by atoms with Crippen molar-refractivity contribution in [2.24, 2.45) is 11.7 Å². The van der Waals surface area contributed by atoms with Gasteiger partial charge in [-0.3, -0.25) is 4.79 Å². The Kier molecular flexibility index (Phi) is 4.83. The molecule has 3 unspecified atom stereocenters. The molecule has 0 saturated heterocycles. The highest BCUT2D eigenvalue weighted by Crippen LogP contribution is 2.37. The third-order valence-corrected chi connectivity index (χ3v) is 4.25. The molecule has 0 bridgehead atoms. The van der Waals surface area contributed by atoms with Crippen LogP contribution in [-0.4, -0.2) is 19.1 Å². The predicted octanol–water partition coefficient (Wildman–Crippen LogP) is 3.11. The summed E-state index contributed by atoms with van der Waals surface area (Å²) in [6.07, 6.45) is 3.39. The molecule has 3 atom stereocenters. The van der Waals surface area contributed by atoms with Crippen LogP contribution in [0.5, 0.6) is 0 Å². The highest BCUT2D eigenvalue weighted by Gasteiger charge is 2.30. The van der Waals surface area contributed by atoms with E-state index < -0.39 is 0 Å². The van der Waals surface area contributed by atoms with Crippen LogP contribution in [0.3, 0.4) is 0 Å². The van der Waals surface area contributed by atoms with Crippen molar-refractivity contribution in [2.45, 2.75) is 37.6 Å². The maximum atomic E-state index is 11.4. The van der Waals surface area contributed by atoms with E-state index in [2.05, 4.69) is 0 Å². The molecule has 1 aliphatic rings. The van der Waals surface area contributed by atoms with E-state index in [1.807, 2.05) is 24.3 Å². The van der Waals surface area contributed by atoms with E-state index in [-0.39, 0.29) is 12.0 Å². The van der Waals surface area contributed by atoms with Gasteiger partial charge in [0, 0.05) is 17.5 Å². The normalized spacial score (nSPS) is 27.0. The van der Waals surface area contributed by atoms with Crippen LogP contribution >= 0.6 is 11.6 Å². The summed E-state index contributed by atoms with van der Waals surface area (Å²) in [4.78, 5) is 11.4. The summed E-state index contributed by atoms with van der Waals surface area (Å²) in [5.74, 6) is 0.545. The highest BCUT2D eigenvalue weighted by atomic mass is 35.5. The van der Waals surface area contributed by atoms with Crippen molar-refractivity contribution in [3.8, 4) is 0 Å². The Bertz CT molecular complexity index is 432. The van der Waals surface area contributed by atoms with Crippen LogP contribution in [0.25, 0.3) is 0 Å². The summed E-state index contributed by atoms with van der Waals surface area (Å²) in [6.45, 7) is 0. The first-order chi connectivity index (χ1) is 9.10. The molecule has 0 aromatic heterocycles. The van der Waals surface area contributed by atoms with E-state index in [0.717, 1.165) is 24.3 Å². The van der Waals surface area contributed by atoms with Gasteiger partial charge < -0.3 is 10.5 Å². The molecule has 1 aliphatic carbocycles. The Morgan fingerprint density at radius 2 is 2.05 bits per heavy atom. The summed E-state index contributed by atoms with van der Waals surface area (Å²) in [6, 6.07) is 8.03. The number of rotatable bonds is 3. The lowest BCUT2D eigenvalue weighted by Crippen LogP contribution is -2.35. The molecule has 0 amide bonds. The van der Waals surface area contributed by atoms with Gasteiger partial charge in [0.05, 0.1) is 7.11 Å². The third-order valence-electron chi connectivity index (χ3n) is 3.99. The number of benzene rings is 1. The second-order valence-corrected chi connectivity index (χ2v) is 5.72. The average Bonchev–Trinajstić information content (AvgIpc) is 2.42. The largest absolute Gasteiger partial charge is 0.469 e. The smallest absolute Gasteiger partial charge is 0.305 e. The topological polar surface area (TPSA) is 52.3 Å². The van der Waals surface area contributed by atoms with Gasteiger partial charge in [-0.1, -0.05) is 23.7 Å². The molecule has 19 heavy (non-hydrogen) atoms. The van der Waals surface area contributed by atoms with Gasteiger partial charge in [-0.2, -0.15) is 0 Å². The number of ether oxygens (including phenoxy) is 1. The summed E-state index contributed by atoms with van der Waals surface area (Å²) < 4.78 is 4.75. The zero-order chi connectivity index (χ0) is 13.8. The fraction of sp³-hybridized carbons (Fsp3) is 0.533. The number of carbonyl (C=O) groups is 1. The number of methoxy groups -OCH3 is 1. The Morgan fingerprint density at radius 3 is 2.68 bits per heavy atom. The lowest BCUT2D eigenvalue weighted by molar-refractivity contribution is -0.142. The summed E-state index contributed by atoms with van der Waals surface area (Å²) in [5.41, 5.74) is 7.44. The van der Waals surface area contributed by atoms with Crippen molar-refractivity contribution in [1.29, 1.82) is 0 Å². The van der Waals surface area contributed by atoms with Crippen molar-refractivity contribution in [3.05, 3.63) is 34.9 Å². The van der Waals surface area contributed by atoms with E-state index in [1.54, 1.807) is 0 Å². The summed E-state index contributed by atoms with van der Waals surface area (Å²) in [5, 5.41) is 0.735. The van der Waals surface area contributed by atoms with Gasteiger partial charge in [0.15, 0.2) is 0 Å². The van der Waals surface area contributed by atoms with E-state index >= 15 is 0 Å². The van der Waals surface area contributed by atoms with Crippen LogP contribution in [0.1, 0.15) is 37.2 Å². The van der Waals surface area contributed by atoms with Crippen LogP contribution in [0, 0.1) is 5.92 Å². The minimum Gasteiger partial charge on any atom is -0.469 e. The molecule has 2 N–H and O–H groups in total. The molecule has 1 fully saturated rings. The molecule has 1 aromatic rings. The van der Waals surface area contributed by atoms with Crippen LogP contribution < -0.4 is 5.73 Å². The van der Waals surface area contributed by atoms with Crippen molar-refractivity contribution in [2.75, 3.05) is 7.11 Å². The van der Waals surface area contributed by atoms with Gasteiger partial charge >= 0.3 is 5.97 Å². The van der Waals surface area contributed by atoms with Crippen LogP contribution in [0.4, 0.5) is 0 Å². The van der Waals surface area contributed by atoms with Crippen molar-refractivity contribution in [3.63, 3.8) is 0 Å². The molecule has 3 nitrogen and oxygen atoms in total. The van der Waals surface area contributed by atoms with Gasteiger partial charge in [-0.25, -0.2) is 0 Å². The fourth-order valence-corrected chi connectivity index (χ4v) is 3.00. The second-order valence-electron chi connectivity index (χ2n) is 5.28. The Hall–Kier alpha value is -1.06. The number of hydrogen-bond donors (Lipinski definition) is 1. The van der Waals surface area contributed by atoms with Crippen LogP contribution in [0.2, 0.25) is 5.02 Å². The van der Waals surface area contributed by atoms with E-state index in [4.69, 9.17) is 22.1 Å². The van der Waals surface area contributed by atoms with Crippen molar-refractivity contribution >= 4 is 17.6 Å². The molecular formula is C15H20ClNO2. The minimum absolute atomic E-state index is 0.129. The Morgan fingerprint density at radius 1 is 1.37 bits per heavy atom. The standard InChI is InChI=1S/C15H20ClNO2/c1-19-15(18)9-10-2-7-14(17)13(8-10)11-3-5-12(16)6-4-11/h3-6,10,13-14H,2,7-9,17H2,1H3. The molecule has 0 spiro atoms. The van der Waals surface area contributed by atoms with Gasteiger partial charge in [-0.05, 0) is 48.8 Å². The zero-order valence-corrected chi connectivity index (χ0v) is 11.9. The Balaban J connectivity index is 2.06. The number of hydrogen-bond acceptors (Lipinski definition) is 3. The monoisotopic (exact) mass is 281 g/mol. The SMILES string of the molecule is COC(=O)CC1CCC(N)C(c2ccc(Cl)cc2)C1. The summed E-state index contributed by atoms with van der Waals surface area (Å²) in [7, 11) is 1.44. The molecule has 0 aliphatic heterocycles. The number of nitrogens with two attached hydrogens (primary N) is 1. The average molecular weight is 282 g/mol. The molecule has 1 aromatic carbocycles. The summed E-state index contributed by atoms with van der Waals surface area (Å²) >= 11 is 5.91. The quantitative estimate of drug-likeness (QED) is 0.866. The van der Waals surface area contributed by atoms with Gasteiger partial charge in [0.2, 0.25) is 0 Å². The van der Waals surface area contributed by atoms with Gasteiger partial charge in [-0.15, -0.1) is 0 Å². The van der Waals surface area contributed by atoms with E-state index in [0.29, 0.717) is 18.3 Å². The maximum absolute atomic E-state index is 11.4. The third kappa shape index (κ3) is 3.71. The second kappa shape index (κ2) is 6.40. The molecule has 4 heteroatoms. The van der Waals surface area contributed by atoms with Crippen LogP contribution in [0.15, 0.2) is 24.3 Å². The first kappa shape index (κ1) is 14.4. The lowest BCUT2D eigenvalue weighted by atomic mass is 9.74. The van der Waals surface area contributed by atoms with Crippen molar-refractivity contribution in [1.82, 2.24) is 0 Å². The van der Waals surface area contributed by atoms with E-state index in [1.165, 1.54) is 12.7 Å². The number of halogens is 1. The molecule has 104 valence electrons. The van der Waals surface area contributed by atoms with Crippen molar-refractivity contribution < 1.29 is 9.53 Å². The molecular weight excluding hydrogens is 262 g/mol. The highest BCUT2D eigenvalue weighted by molar-refractivity contribution is 6.30.